The second-order valence-electron chi connectivity index (χ2n) is 9.14. The molecule has 39 heavy (non-hydrogen) atoms. The number of allylic oxidation sites excluding steroid dienone is 1. The first-order chi connectivity index (χ1) is 18.7. The summed E-state index contributed by atoms with van der Waals surface area (Å²) in [5, 5.41) is 17.9. The summed E-state index contributed by atoms with van der Waals surface area (Å²) in [6.45, 7) is -0.530. The van der Waals surface area contributed by atoms with Crippen molar-refractivity contribution in [2.24, 2.45) is 5.14 Å². The molecule has 0 unspecified atom stereocenters. The Kier molecular flexibility index (Phi) is 7.14. The first kappa shape index (κ1) is 26.1. The Morgan fingerprint density at radius 2 is 1.72 bits per heavy atom. The highest BCUT2D eigenvalue weighted by molar-refractivity contribution is 7.89. The van der Waals surface area contributed by atoms with Crippen LogP contribution in [0.15, 0.2) is 77.7 Å². The van der Waals surface area contributed by atoms with Crippen LogP contribution in [-0.2, 0) is 26.0 Å². The van der Waals surface area contributed by atoms with E-state index >= 15 is 0 Å². The molecule has 1 heterocycles. The summed E-state index contributed by atoms with van der Waals surface area (Å²) in [6, 6.07) is 19.5. The van der Waals surface area contributed by atoms with Crippen LogP contribution in [0.3, 0.4) is 0 Å². The number of esters is 1. The number of aromatic nitrogens is 1. The van der Waals surface area contributed by atoms with Crippen molar-refractivity contribution in [1.82, 2.24) is 4.98 Å². The molecule has 0 spiro atoms. The lowest BCUT2D eigenvalue weighted by atomic mass is 9.86. The molecule has 0 fully saturated rings. The molecular formula is C29H25N3O6S. The number of phenols is 1. The van der Waals surface area contributed by atoms with E-state index in [1.165, 1.54) is 24.3 Å². The van der Waals surface area contributed by atoms with Gasteiger partial charge in [0.2, 0.25) is 10.0 Å². The van der Waals surface area contributed by atoms with Crippen molar-refractivity contribution in [3.05, 3.63) is 95.2 Å². The van der Waals surface area contributed by atoms with E-state index in [2.05, 4.69) is 5.32 Å². The Bertz CT molecular complexity index is 1710. The molecular weight excluding hydrogens is 518 g/mol. The lowest BCUT2D eigenvalue weighted by molar-refractivity contribution is -0.119. The van der Waals surface area contributed by atoms with Crippen LogP contribution in [0.5, 0.6) is 5.75 Å². The molecule has 3 aromatic carbocycles. The fraction of sp³-hybridized carbons (Fsp3) is 0.138. The average molecular weight is 544 g/mol. The Morgan fingerprint density at radius 1 is 1.00 bits per heavy atom. The lowest BCUT2D eigenvalue weighted by Crippen LogP contribution is -2.22. The van der Waals surface area contributed by atoms with Gasteiger partial charge in [-0.15, -0.1) is 0 Å². The van der Waals surface area contributed by atoms with E-state index < -0.39 is 28.5 Å². The van der Waals surface area contributed by atoms with E-state index in [-0.39, 0.29) is 10.6 Å². The summed E-state index contributed by atoms with van der Waals surface area (Å²) >= 11 is 0. The Hall–Kier alpha value is -4.54. The Morgan fingerprint density at radius 3 is 2.44 bits per heavy atom. The fourth-order valence-electron chi connectivity index (χ4n) is 4.61. The molecule has 9 nitrogen and oxygen atoms in total. The van der Waals surface area contributed by atoms with Crippen molar-refractivity contribution >= 4 is 50.1 Å². The molecule has 5 rings (SSSR count). The molecule has 0 atom stereocenters. The van der Waals surface area contributed by atoms with Gasteiger partial charge in [0.25, 0.3) is 5.91 Å². The molecule has 1 aromatic heterocycles. The van der Waals surface area contributed by atoms with Gasteiger partial charge in [0.05, 0.1) is 21.7 Å². The minimum Gasteiger partial charge on any atom is -0.508 e. The number of benzene rings is 3. The van der Waals surface area contributed by atoms with Crippen LogP contribution in [0.2, 0.25) is 0 Å². The largest absolute Gasteiger partial charge is 0.508 e. The molecule has 198 valence electrons. The number of primary sulfonamides is 1. The number of hydrogen-bond acceptors (Lipinski definition) is 7. The average Bonchev–Trinajstić information content (AvgIpc) is 2.92. The number of rotatable bonds is 6. The van der Waals surface area contributed by atoms with E-state index in [4.69, 9.17) is 14.9 Å². The number of pyridine rings is 1. The van der Waals surface area contributed by atoms with Crippen molar-refractivity contribution in [1.29, 1.82) is 0 Å². The van der Waals surface area contributed by atoms with Gasteiger partial charge in [0, 0.05) is 11.1 Å². The second-order valence-corrected chi connectivity index (χ2v) is 10.7. The Labute approximate surface area is 225 Å². The van der Waals surface area contributed by atoms with Crippen LogP contribution in [0, 0.1) is 0 Å². The van der Waals surface area contributed by atoms with E-state index in [0.717, 1.165) is 35.2 Å². The zero-order chi connectivity index (χ0) is 27.6. The zero-order valence-corrected chi connectivity index (χ0v) is 21.6. The third-order valence-corrected chi connectivity index (χ3v) is 7.34. The number of sulfonamides is 1. The van der Waals surface area contributed by atoms with Gasteiger partial charge in [-0.3, -0.25) is 4.79 Å². The highest BCUT2D eigenvalue weighted by Crippen LogP contribution is 2.36. The summed E-state index contributed by atoms with van der Waals surface area (Å²) in [4.78, 5) is 30.7. The summed E-state index contributed by atoms with van der Waals surface area (Å²) in [5.41, 5.74) is 4.73. The number of hydrogen-bond donors (Lipinski definition) is 3. The maximum absolute atomic E-state index is 13.4. The van der Waals surface area contributed by atoms with E-state index in [1.807, 2.05) is 42.5 Å². The van der Waals surface area contributed by atoms with Crippen molar-refractivity contribution in [3.63, 3.8) is 0 Å². The molecule has 1 aliphatic rings. The number of carbonyl (C=O) groups excluding carboxylic acids is 2. The second kappa shape index (κ2) is 10.7. The summed E-state index contributed by atoms with van der Waals surface area (Å²) in [5.74, 6) is -1.03. The molecule has 0 radical (unpaired) electrons. The van der Waals surface area contributed by atoms with Crippen LogP contribution in [0.25, 0.3) is 22.6 Å². The monoisotopic (exact) mass is 543 g/mol. The van der Waals surface area contributed by atoms with Crippen LogP contribution in [-0.4, -0.2) is 37.0 Å². The molecule has 1 aliphatic carbocycles. The normalized spacial score (nSPS) is 14.1. The van der Waals surface area contributed by atoms with Gasteiger partial charge >= 0.3 is 5.97 Å². The number of phenolic OH excluding ortho intramolecular Hbond substituents is 1. The van der Waals surface area contributed by atoms with Crippen molar-refractivity contribution in [2.45, 2.75) is 24.2 Å². The maximum atomic E-state index is 13.4. The minimum atomic E-state index is -3.85. The number of fused-ring (bicyclic) bond motifs is 2. The first-order valence-corrected chi connectivity index (χ1v) is 13.7. The number of carbonyl (C=O) groups is 2. The highest BCUT2D eigenvalue weighted by Gasteiger charge is 2.26. The SMILES string of the molecule is NS(=O)(=O)c1ccc(NC(=O)COC(=O)c2c3c(nc4ccccc24)/C(=C/c2ccc(O)cc2)CCC3)cc1. The van der Waals surface area contributed by atoms with Gasteiger partial charge in [-0.1, -0.05) is 30.3 Å². The number of ether oxygens (including phenoxy) is 1. The van der Waals surface area contributed by atoms with Crippen molar-refractivity contribution in [3.8, 4) is 5.75 Å². The summed E-state index contributed by atoms with van der Waals surface area (Å²) < 4.78 is 28.3. The molecule has 4 aromatic rings. The van der Waals surface area contributed by atoms with Gasteiger partial charge in [-0.25, -0.2) is 23.3 Å². The van der Waals surface area contributed by atoms with Crippen LogP contribution < -0.4 is 10.5 Å². The van der Waals surface area contributed by atoms with Crippen LogP contribution in [0.4, 0.5) is 5.69 Å². The number of aromatic hydroxyl groups is 1. The molecule has 0 aliphatic heterocycles. The van der Waals surface area contributed by atoms with E-state index in [0.29, 0.717) is 28.6 Å². The molecule has 4 N–H and O–H groups in total. The van der Waals surface area contributed by atoms with Crippen molar-refractivity contribution in [2.75, 3.05) is 11.9 Å². The Balaban J connectivity index is 1.40. The van der Waals surface area contributed by atoms with Gasteiger partial charge in [0.15, 0.2) is 6.61 Å². The summed E-state index contributed by atoms with van der Waals surface area (Å²) in [6.07, 6.45) is 4.22. The number of nitrogens with one attached hydrogen (secondary N) is 1. The highest BCUT2D eigenvalue weighted by atomic mass is 32.2. The third kappa shape index (κ3) is 5.82. The molecule has 0 saturated heterocycles. The maximum Gasteiger partial charge on any atom is 0.339 e. The summed E-state index contributed by atoms with van der Waals surface area (Å²) in [7, 11) is -3.85. The standard InChI is InChI=1S/C29H25N3O6S/c30-39(36,37)22-14-10-20(11-15-22)31-26(34)17-38-29(35)27-23-5-1-2-7-25(23)32-28-19(4-3-6-24(27)28)16-18-8-12-21(33)13-9-18/h1-2,5,7-16,33H,3-4,6,17H2,(H,31,34)(H2,30,36,37)/b19-16+. The number of anilines is 1. The van der Waals surface area contributed by atoms with Gasteiger partial charge in [-0.05, 0) is 84.5 Å². The predicted molar refractivity (Wildman–Crippen MR) is 147 cm³/mol. The minimum absolute atomic E-state index is 0.0832. The molecule has 0 bridgehead atoms. The first-order valence-electron chi connectivity index (χ1n) is 12.2. The van der Waals surface area contributed by atoms with Gasteiger partial charge in [-0.2, -0.15) is 0 Å². The zero-order valence-electron chi connectivity index (χ0n) is 20.8. The fourth-order valence-corrected chi connectivity index (χ4v) is 5.12. The number of amides is 1. The van der Waals surface area contributed by atoms with E-state index in [9.17, 15) is 23.1 Å². The topological polar surface area (TPSA) is 149 Å². The van der Waals surface area contributed by atoms with Gasteiger partial charge in [0.1, 0.15) is 5.75 Å². The third-order valence-electron chi connectivity index (χ3n) is 6.41. The van der Waals surface area contributed by atoms with Crippen LogP contribution >= 0.6 is 0 Å². The molecule has 0 saturated carbocycles. The smallest absolute Gasteiger partial charge is 0.339 e. The number of nitrogens with zero attached hydrogens (tertiary/aromatic N) is 1. The quantitative estimate of drug-likeness (QED) is 0.308. The van der Waals surface area contributed by atoms with Gasteiger partial charge < -0.3 is 15.2 Å². The molecule has 1 amide bonds. The lowest BCUT2D eigenvalue weighted by Gasteiger charge is -2.22. The van der Waals surface area contributed by atoms with E-state index in [1.54, 1.807) is 12.1 Å². The molecule has 10 heteroatoms. The number of para-hydroxylation sites is 1. The van der Waals surface area contributed by atoms with Crippen molar-refractivity contribution < 1.29 is 27.9 Å². The van der Waals surface area contributed by atoms with Crippen LogP contribution in [0.1, 0.15) is 40.0 Å². The predicted octanol–water partition coefficient (Wildman–Crippen LogP) is 4.26. The number of nitrogens with two attached hydrogens (primary N) is 1.